The standard InChI is InChI=1S/C14H17N3O2S/c1-2-15-13(19)10-5-3-4-6-11(10)16-14(20)17-12(18)9-7-8-9/h3-6,9H,2,7-8H2,1H3,(H,15,19)(H2,16,17,18,20). The van der Waals surface area contributed by atoms with Crippen molar-refractivity contribution in [2.45, 2.75) is 19.8 Å². The predicted molar refractivity (Wildman–Crippen MR) is 81.5 cm³/mol. The number of hydrogen-bond acceptors (Lipinski definition) is 3. The van der Waals surface area contributed by atoms with Crippen LogP contribution >= 0.6 is 12.2 Å². The fourth-order valence-corrected chi connectivity index (χ4v) is 1.97. The minimum absolute atomic E-state index is 0.0574. The van der Waals surface area contributed by atoms with Crippen molar-refractivity contribution in [2.75, 3.05) is 11.9 Å². The molecule has 1 aliphatic carbocycles. The van der Waals surface area contributed by atoms with Gasteiger partial charge in [0.2, 0.25) is 5.91 Å². The van der Waals surface area contributed by atoms with Gasteiger partial charge in [-0.3, -0.25) is 9.59 Å². The third-order valence-corrected chi connectivity index (χ3v) is 3.15. The van der Waals surface area contributed by atoms with Crippen molar-refractivity contribution >= 4 is 34.8 Å². The lowest BCUT2D eigenvalue weighted by Gasteiger charge is -2.13. The molecule has 6 heteroatoms. The summed E-state index contributed by atoms with van der Waals surface area (Å²) in [6.45, 7) is 2.41. The van der Waals surface area contributed by atoms with E-state index in [2.05, 4.69) is 16.0 Å². The first-order valence-electron chi connectivity index (χ1n) is 6.61. The average molecular weight is 291 g/mol. The number of anilines is 1. The largest absolute Gasteiger partial charge is 0.352 e. The van der Waals surface area contributed by atoms with Gasteiger partial charge in [0, 0.05) is 12.5 Å². The molecule has 2 rings (SSSR count). The number of carbonyl (C=O) groups excluding carboxylic acids is 2. The maximum absolute atomic E-state index is 11.9. The minimum atomic E-state index is -0.174. The lowest BCUT2D eigenvalue weighted by molar-refractivity contribution is -0.120. The van der Waals surface area contributed by atoms with Gasteiger partial charge in [0.25, 0.3) is 5.91 Å². The maximum Gasteiger partial charge on any atom is 0.253 e. The zero-order valence-electron chi connectivity index (χ0n) is 11.2. The molecule has 106 valence electrons. The molecule has 1 aromatic carbocycles. The molecule has 0 aliphatic heterocycles. The summed E-state index contributed by atoms with van der Waals surface area (Å²) in [7, 11) is 0. The monoisotopic (exact) mass is 291 g/mol. The molecule has 0 spiro atoms. The summed E-state index contributed by atoms with van der Waals surface area (Å²) < 4.78 is 0. The molecule has 0 saturated heterocycles. The number of hydrogen-bond donors (Lipinski definition) is 3. The normalized spacial score (nSPS) is 13.4. The number of para-hydroxylation sites is 1. The van der Waals surface area contributed by atoms with Crippen LogP contribution in [0.2, 0.25) is 0 Å². The van der Waals surface area contributed by atoms with E-state index in [0.29, 0.717) is 17.8 Å². The minimum Gasteiger partial charge on any atom is -0.352 e. The topological polar surface area (TPSA) is 70.2 Å². The highest BCUT2D eigenvalue weighted by Crippen LogP contribution is 2.28. The zero-order valence-corrected chi connectivity index (χ0v) is 12.0. The van der Waals surface area contributed by atoms with Crippen molar-refractivity contribution in [3.05, 3.63) is 29.8 Å². The Morgan fingerprint density at radius 1 is 1.30 bits per heavy atom. The van der Waals surface area contributed by atoms with Crippen LogP contribution < -0.4 is 16.0 Å². The summed E-state index contributed by atoms with van der Waals surface area (Å²) in [5.41, 5.74) is 1.08. The van der Waals surface area contributed by atoms with Gasteiger partial charge in [-0.15, -0.1) is 0 Å². The zero-order chi connectivity index (χ0) is 14.5. The Labute approximate surface area is 123 Å². The highest BCUT2D eigenvalue weighted by Gasteiger charge is 2.30. The SMILES string of the molecule is CCNC(=O)c1ccccc1NC(=S)NC(=O)C1CC1. The first-order valence-corrected chi connectivity index (χ1v) is 7.01. The van der Waals surface area contributed by atoms with Gasteiger partial charge < -0.3 is 16.0 Å². The fourth-order valence-electron chi connectivity index (χ4n) is 1.76. The van der Waals surface area contributed by atoms with Crippen molar-refractivity contribution in [3.63, 3.8) is 0 Å². The van der Waals surface area contributed by atoms with Gasteiger partial charge in [0.05, 0.1) is 11.3 Å². The van der Waals surface area contributed by atoms with Gasteiger partial charge in [-0.25, -0.2) is 0 Å². The summed E-state index contributed by atoms with van der Waals surface area (Å²) in [6, 6.07) is 7.04. The molecule has 20 heavy (non-hydrogen) atoms. The van der Waals surface area contributed by atoms with Crippen LogP contribution in [0.15, 0.2) is 24.3 Å². The lowest BCUT2D eigenvalue weighted by Crippen LogP contribution is -2.35. The van der Waals surface area contributed by atoms with E-state index < -0.39 is 0 Å². The van der Waals surface area contributed by atoms with Crippen LogP contribution in [0.3, 0.4) is 0 Å². The van der Waals surface area contributed by atoms with Crippen molar-refractivity contribution < 1.29 is 9.59 Å². The Kier molecular flexibility index (Phi) is 4.68. The second-order valence-corrected chi connectivity index (χ2v) is 5.03. The van der Waals surface area contributed by atoms with Crippen molar-refractivity contribution in [1.82, 2.24) is 10.6 Å². The van der Waals surface area contributed by atoms with E-state index in [1.807, 2.05) is 6.92 Å². The van der Waals surface area contributed by atoms with Gasteiger partial charge in [-0.05, 0) is 44.1 Å². The van der Waals surface area contributed by atoms with E-state index in [1.165, 1.54) is 0 Å². The number of benzene rings is 1. The van der Waals surface area contributed by atoms with Crippen LogP contribution in [-0.2, 0) is 4.79 Å². The molecule has 0 atom stereocenters. The number of nitrogens with one attached hydrogen (secondary N) is 3. The van der Waals surface area contributed by atoms with Gasteiger partial charge in [-0.2, -0.15) is 0 Å². The first kappa shape index (κ1) is 14.5. The van der Waals surface area contributed by atoms with Gasteiger partial charge in [-0.1, -0.05) is 12.1 Å². The molecule has 1 aliphatic rings. The summed E-state index contributed by atoms with van der Waals surface area (Å²) >= 11 is 5.10. The third-order valence-electron chi connectivity index (χ3n) is 2.94. The average Bonchev–Trinajstić information content (AvgIpc) is 3.23. The molecule has 0 aromatic heterocycles. The van der Waals surface area contributed by atoms with Crippen LogP contribution in [-0.4, -0.2) is 23.5 Å². The van der Waals surface area contributed by atoms with Gasteiger partial charge >= 0.3 is 0 Å². The highest BCUT2D eigenvalue weighted by atomic mass is 32.1. The molecule has 0 heterocycles. The second kappa shape index (κ2) is 6.47. The van der Waals surface area contributed by atoms with E-state index in [4.69, 9.17) is 12.2 Å². The van der Waals surface area contributed by atoms with Crippen molar-refractivity contribution in [2.24, 2.45) is 5.92 Å². The molecule has 0 radical (unpaired) electrons. The smallest absolute Gasteiger partial charge is 0.253 e. The van der Waals surface area contributed by atoms with E-state index in [0.717, 1.165) is 12.8 Å². The van der Waals surface area contributed by atoms with E-state index in [9.17, 15) is 9.59 Å². The molecule has 0 bridgehead atoms. The molecular weight excluding hydrogens is 274 g/mol. The highest BCUT2D eigenvalue weighted by molar-refractivity contribution is 7.80. The van der Waals surface area contributed by atoms with Gasteiger partial charge in [0.1, 0.15) is 0 Å². The summed E-state index contributed by atoms with van der Waals surface area (Å²) in [5.74, 6) is -0.140. The van der Waals surface area contributed by atoms with Crippen molar-refractivity contribution in [1.29, 1.82) is 0 Å². The van der Waals surface area contributed by atoms with Crippen LogP contribution in [0.4, 0.5) is 5.69 Å². The van der Waals surface area contributed by atoms with Crippen molar-refractivity contribution in [3.8, 4) is 0 Å². The molecule has 1 fully saturated rings. The third kappa shape index (κ3) is 3.77. The fraction of sp³-hybridized carbons (Fsp3) is 0.357. The molecule has 0 unspecified atom stereocenters. The Morgan fingerprint density at radius 2 is 2.00 bits per heavy atom. The summed E-state index contributed by atoms with van der Waals surface area (Å²) in [5, 5.41) is 8.50. The summed E-state index contributed by atoms with van der Waals surface area (Å²) in [4.78, 5) is 23.5. The predicted octanol–water partition coefficient (Wildman–Crippen LogP) is 1.66. The first-order chi connectivity index (χ1) is 9.61. The maximum atomic E-state index is 11.9. The Bertz CT molecular complexity index is 541. The van der Waals surface area contributed by atoms with Gasteiger partial charge in [0.15, 0.2) is 5.11 Å². The number of amides is 2. The Morgan fingerprint density at radius 3 is 2.65 bits per heavy atom. The molecule has 3 N–H and O–H groups in total. The molecular formula is C14H17N3O2S. The number of carbonyl (C=O) groups is 2. The molecule has 5 nitrogen and oxygen atoms in total. The van der Waals surface area contributed by atoms with E-state index >= 15 is 0 Å². The molecule has 1 saturated carbocycles. The van der Waals surface area contributed by atoms with E-state index in [-0.39, 0.29) is 22.8 Å². The van der Waals surface area contributed by atoms with Crippen LogP contribution in [0, 0.1) is 5.92 Å². The lowest BCUT2D eigenvalue weighted by atomic mass is 10.1. The van der Waals surface area contributed by atoms with Crippen LogP contribution in [0.25, 0.3) is 0 Å². The Balaban J connectivity index is 2.02. The quantitative estimate of drug-likeness (QED) is 0.738. The number of rotatable bonds is 4. The van der Waals surface area contributed by atoms with Crippen LogP contribution in [0.5, 0.6) is 0 Å². The molecule has 1 aromatic rings. The Hall–Kier alpha value is -1.95. The van der Waals surface area contributed by atoms with E-state index in [1.54, 1.807) is 24.3 Å². The summed E-state index contributed by atoms with van der Waals surface area (Å²) in [6.07, 6.45) is 1.84. The van der Waals surface area contributed by atoms with Crippen LogP contribution in [0.1, 0.15) is 30.1 Å². The molecule has 2 amide bonds. The second-order valence-electron chi connectivity index (χ2n) is 4.62. The number of thiocarbonyl (C=S) groups is 1.